The zero-order valence-corrected chi connectivity index (χ0v) is 12.7. The number of carbonyl (C=O) groups is 3. The number of hydrogen-bond donors (Lipinski definition) is 2. The van der Waals surface area contributed by atoms with E-state index in [0.29, 0.717) is 5.69 Å². The summed E-state index contributed by atoms with van der Waals surface area (Å²) < 4.78 is 1.71. The molecule has 0 aliphatic heterocycles. The Labute approximate surface area is 123 Å². The van der Waals surface area contributed by atoms with Crippen LogP contribution in [0.4, 0.5) is 0 Å². The maximum absolute atomic E-state index is 12.5. The van der Waals surface area contributed by atoms with E-state index in [4.69, 9.17) is 5.11 Å². The Balaban J connectivity index is 2.94. The normalized spacial score (nSPS) is 11.8. The quantitative estimate of drug-likeness (QED) is 0.794. The smallest absolute Gasteiger partial charge is 0.326 e. The van der Waals surface area contributed by atoms with Gasteiger partial charge in [0.1, 0.15) is 11.7 Å². The fourth-order valence-corrected chi connectivity index (χ4v) is 1.93. The highest BCUT2D eigenvalue weighted by Gasteiger charge is 2.27. The Morgan fingerprint density at radius 1 is 1.38 bits per heavy atom. The third kappa shape index (κ3) is 4.08. The number of nitrogens with one attached hydrogen (secondary N) is 1. The van der Waals surface area contributed by atoms with Crippen molar-refractivity contribution in [2.75, 3.05) is 13.1 Å². The van der Waals surface area contributed by atoms with E-state index in [2.05, 4.69) is 5.32 Å². The average Bonchev–Trinajstić information content (AvgIpc) is 2.73. The number of aliphatic carboxylic acids is 1. The molecule has 0 aliphatic carbocycles. The number of aromatic nitrogens is 1. The van der Waals surface area contributed by atoms with Crippen molar-refractivity contribution >= 4 is 17.8 Å². The second-order valence-corrected chi connectivity index (χ2v) is 4.91. The van der Waals surface area contributed by atoms with Crippen LogP contribution in [0.3, 0.4) is 0 Å². The molecule has 0 radical (unpaired) electrons. The highest BCUT2D eigenvalue weighted by molar-refractivity contribution is 5.95. The molecule has 0 bridgehead atoms. The first-order valence-electron chi connectivity index (χ1n) is 6.66. The van der Waals surface area contributed by atoms with Crippen LogP contribution in [0, 0.1) is 6.92 Å². The van der Waals surface area contributed by atoms with Crippen LogP contribution in [-0.2, 0) is 16.6 Å². The van der Waals surface area contributed by atoms with Crippen LogP contribution >= 0.6 is 0 Å². The highest BCUT2D eigenvalue weighted by Crippen LogP contribution is 2.12. The minimum Gasteiger partial charge on any atom is -0.480 e. The van der Waals surface area contributed by atoms with Crippen molar-refractivity contribution in [1.29, 1.82) is 0 Å². The molecule has 1 aromatic heterocycles. The lowest BCUT2D eigenvalue weighted by molar-refractivity contribution is -0.141. The van der Waals surface area contributed by atoms with Crippen LogP contribution in [0.1, 0.15) is 30.0 Å². The number of nitrogens with zero attached hydrogens (tertiary/aromatic N) is 2. The van der Waals surface area contributed by atoms with Gasteiger partial charge in [0.15, 0.2) is 0 Å². The van der Waals surface area contributed by atoms with Crippen molar-refractivity contribution in [3.8, 4) is 0 Å². The van der Waals surface area contributed by atoms with Gasteiger partial charge in [0, 0.05) is 32.8 Å². The van der Waals surface area contributed by atoms with Crippen molar-refractivity contribution in [1.82, 2.24) is 14.8 Å². The van der Waals surface area contributed by atoms with Crippen LogP contribution in [0.15, 0.2) is 12.1 Å². The molecule has 1 unspecified atom stereocenters. The van der Waals surface area contributed by atoms with Gasteiger partial charge in [-0.05, 0) is 26.0 Å². The van der Waals surface area contributed by atoms with Crippen molar-refractivity contribution in [2.45, 2.75) is 26.8 Å². The molecule has 0 spiro atoms. The summed E-state index contributed by atoms with van der Waals surface area (Å²) >= 11 is 0. The Morgan fingerprint density at radius 2 is 2.00 bits per heavy atom. The number of carboxylic acids is 1. The molecule has 1 aromatic rings. The van der Waals surface area contributed by atoms with Gasteiger partial charge in [0.2, 0.25) is 5.91 Å². The van der Waals surface area contributed by atoms with E-state index >= 15 is 0 Å². The molecule has 0 aliphatic rings. The summed E-state index contributed by atoms with van der Waals surface area (Å²) in [7, 11) is 1.75. The lowest BCUT2D eigenvalue weighted by atomic mass is 10.2. The molecule has 116 valence electrons. The summed E-state index contributed by atoms with van der Waals surface area (Å²) in [6, 6.07) is 2.49. The van der Waals surface area contributed by atoms with Gasteiger partial charge in [0.25, 0.3) is 5.91 Å². The van der Waals surface area contributed by atoms with Gasteiger partial charge in [-0.25, -0.2) is 4.79 Å². The van der Waals surface area contributed by atoms with Gasteiger partial charge >= 0.3 is 5.97 Å². The molecule has 0 saturated carbocycles. The average molecular weight is 295 g/mol. The highest BCUT2D eigenvalue weighted by atomic mass is 16.4. The van der Waals surface area contributed by atoms with Crippen molar-refractivity contribution in [3.05, 3.63) is 23.5 Å². The summed E-state index contributed by atoms with van der Waals surface area (Å²) in [5, 5.41) is 11.7. The number of carbonyl (C=O) groups excluding carboxylic acids is 2. The lowest BCUT2D eigenvalue weighted by Crippen LogP contribution is -2.47. The van der Waals surface area contributed by atoms with Crippen LogP contribution < -0.4 is 5.32 Å². The minimum absolute atomic E-state index is 0.135. The molecule has 1 heterocycles. The molecule has 21 heavy (non-hydrogen) atoms. The minimum atomic E-state index is -1.09. The van der Waals surface area contributed by atoms with E-state index < -0.39 is 12.0 Å². The molecule has 2 amide bonds. The van der Waals surface area contributed by atoms with Crippen molar-refractivity contribution < 1.29 is 19.5 Å². The van der Waals surface area contributed by atoms with Gasteiger partial charge in [-0.2, -0.15) is 0 Å². The maximum atomic E-state index is 12.5. The zero-order chi connectivity index (χ0) is 16.2. The van der Waals surface area contributed by atoms with Crippen LogP contribution in [-0.4, -0.2) is 51.5 Å². The molecule has 2 N–H and O–H groups in total. The van der Waals surface area contributed by atoms with Gasteiger partial charge in [-0.15, -0.1) is 0 Å². The maximum Gasteiger partial charge on any atom is 0.326 e. The molecule has 7 nitrogen and oxygen atoms in total. The monoisotopic (exact) mass is 295 g/mol. The molecule has 0 aromatic carbocycles. The summed E-state index contributed by atoms with van der Waals surface area (Å²) in [4.78, 5) is 35.8. The Hall–Kier alpha value is -2.31. The number of amides is 2. The topological polar surface area (TPSA) is 91.6 Å². The van der Waals surface area contributed by atoms with Crippen LogP contribution in [0.25, 0.3) is 0 Å². The molecule has 7 heteroatoms. The predicted octanol–water partition coefficient (Wildman–Crippen LogP) is 0.385. The van der Waals surface area contributed by atoms with E-state index in [0.717, 1.165) is 5.69 Å². The van der Waals surface area contributed by atoms with E-state index in [9.17, 15) is 14.4 Å². The number of aryl methyl sites for hydroxylation is 1. The summed E-state index contributed by atoms with van der Waals surface area (Å²) in [5.74, 6) is -1.68. The van der Waals surface area contributed by atoms with E-state index in [1.165, 1.54) is 18.7 Å². The third-order valence-electron chi connectivity index (χ3n) is 3.40. The van der Waals surface area contributed by atoms with Gasteiger partial charge in [-0.1, -0.05) is 0 Å². The van der Waals surface area contributed by atoms with Crippen molar-refractivity contribution in [2.24, 2.45) is 7.05 Å². The largest absolute Gasteiger partial charge is 0.480 e. The second-order valence-electron chi connectivity index (χ2n) is 4.91. The Kier molecular flexibility index (Phi) is 5.52. The number of hydrogen-bond acceptors (Lipinski definition) is 3. The van der Waals surface area contributed by atoms with Crippen LogP contribution in [0.5, 0.6) is 0 Å². The standard InChI is InChI=1S/C14H21N3O4/c1-9-5-6-12(16(9)4)13(19)17(10(2)14(20)21)8-7-15-11(3)18/h5-6,10H,7-8H2,1-4H3,(H,15,18)(H,20,21). The van der Waals surface area contributed by atoms with E-state index in [1.807, 2.05) is 6.92 Å². The molecule has 0 fully saturated rings. The zero-order valence-electron chi connectivity index (χ0n) is 12.7. The molecule has 1 atom stereocenters. The van der Waals surface area contributed by atoms with E-state index in [-0.39, 0.29) is 24.9 Å². The predicted molar refractivity (Wildman–Crippen MR) is 77.0 cm³/mol. The number of carboxylic acid groups (broad SMARTS) is 1. The SMILES string of the molecule is CC(=O)NCCN(C(=O)c1ccc(C)n1C)C(C)C(=O)O. The first-order chi connectivity index (χ1) is 9.75. The summed E-state index contributed by atoms with van der Waals surface area (Å²) in [5.41, 5.74) is 1.33. The summed E-state index contributed by atoms with van der Waals surface area (Å²) in [6.45, 7) is 5.02. The van der Waals surface area contributed by atoms with E-state index in [1.54, 1.807) is 23.7 Å². The first-order valence-corrected chi connectivity index (χ1v) is 6.66. The molecular weight excluding hydrogens is 274 g/mol. The second kappa shape index (κ2) is 6.92. The van der Waals surface area contributed by atoms with Gasteiger partial charge in [-0.3, -0.25) is 9.59 Å². The van der Waals surface area contributed by atoms with Gasteiger partial charge < -0.3 is 19.9 Å². The van der Waals surface area contributed by atoms with Crippen molar-refractivity contribution in [3.63, 3.8) is 0 Å². The fourth-order valence-electron chi connectivity index (χ4n) is 1.93. The first kappa shape index (κ1) is 16.7. The Morgan fingerprint density at radius 3 is 2.43 bits per heavy atom. The summed E-state index contributed by atoms with van der Waals surface area (Å²) in [6.07, 6.45) is 0. The Bertz CT molecular complexity index is 550. The molecular formula is C14H21N3O4. The lowest BCUT2D eigenvalue weighted by Gasteiger charge is -2.26. The van der Waals surface area contributed by atoms with Crippen LogP contribution in [0.2, 0.25) is 0 Å². The third-order valence-corrected chi connectivity index (χ3v) is 3.40. The van der Waals surface area contributed by atoms with Gasteiger partial charge in [0.05, 0.1) is 0 Å². The fraction of sp³-hybridized carbons (Fsp3) is 0.500. The molecule has 0 saturated heterocycles. The number of rotatable bonds is 6. The molecule has 1 rings (SSSR count).